The molecule has 3 N–H and O–H groups in total. The lowest BCUT2D eigenvalue weighted by molar-refractivity contribution is 0.549. The van der Waals surface area contributed by atoms with E-state index in [9.17, 15) is 0 Å². The Bertz CT molecular complexity index is 568. The Hall–Kier alpha value is -1.16. The van der Waals surface area contributed by atoms with Gasteiger partial charge in [-0.1, -0.05) is 73.1 Å². The third-order valence-corrected chi connectivity index (χ3v) is 4.26. The molecule has 0 radical (unpaired) electrons. The standard InChI is InChI=1S/C18H23BrN2/c1-18(2,3)15-8-6-14(7-9-15)17(21-20)12-13-4-10-16(19)11-5-13/h4-11,17,21H,12,20H2,1-3H3. The number of nitrogens with two attached hydrogens (primary N) is 1. The molecule has 0 spiro atoms. The lowest BCUT2D eigenvalue weighted by Gasteiger charge is -2.21. The van der Waals surface area contributed by atoms with Crippen molar-refractivity contribution in [3.63, 3.8) is 0 Å². The summed E-state index contributed by atoms with van der Waals surface area (Å²) in [6, 6.07) is 17.2. The molecule has 0 saturated carbocycles. The van der Waals surface area contributed by atoms with Gasteiger partial charge in [0, 0.05) is 10.5 Å². The normalized spacial score (nSPS) is 13.2. The van der Waals surface area contributed by atoms with Gasteiger partial charge < -0.3 is 0 Å². The second-order valence-corrected chi connectivity index (χ2v) is 7.34. The van der Waals surface area contributed by atoms with Gasteiger partial charge in [0.1, 0.15) is 0 Å². The quantitative estimate of drug-likeness (QED) is 0.632. The van der Waals surface area contributed by atoms with Crippen LogP contribution in [0, 0.1) is 0 Å². The highest BCUT2D eigenvalue weighted by Crippen LogP contribution is 2.25. The highest BCUT2D eigenvalue weighted by atomic mass is 79.9. The highest BCUT2D eigenvalue weighted by Gasteiger charge is 2.15. The molecule has 2 aromatic carbocycles. The summed E-state index contributed by atoms with van der Waals surface area (Å²) in [6.07, 6.45) is 0.874. The molecule has 21 heavy (non-hydrogen) atoms. The molecule has 0 fully saturated rings. The van der Waals surface area contributed by atoms with E-state index in [0.717, 1.165) is 10.9 Å². The van der Waals surface area contributed by atoms with Crippen molar-refractivity contribution in [2.24, 2.45) is 5.84 Å². The van der Waals surface area contributed by atoms with Gasteiger partial charge >= 0.3 is 0 Å². The molecule has 0 saturated heterocycles. The van der Waals surface area contributed by atoms with Crippen LogP contribution in [0.3, 0.4) is 0 Å². The molecular formula is C18H23BrN2. The fraction of sp³-hybridized carbons (Fsp3) is 0.333. The van der Waals surface area contributed by atoms with Gasteiger partial charge in [-0.3, -0.25) is 11.3 Å². The van der Waals surface area contributed by atoms with Gasteiger partial charge in [0.25, 0.3) is 0 Å². The van der Waals surface area contributed by atoms with E-state index in [-0.39, 0.29) is 11.5 Å². The van der Waals surface area contributed by atoms with E-state index in [1.54, 1.807) is 0 Å². The summed E-state index contributed by atoms with van der Waals surface area (Å²) in [4.78, 5) is 0. The molecule has 2 nitrogen and oxygen atoms in total. The molecule has 0 bridgehead atoms. The highest BCUT2D eigenvalue weighted by molar-refractivity contribution is 9.10. The SMILES string of the molecule is CC(C)(C)c1ccc(C(Cc2ccc(Br)cc2)NN)cc1. The molecule has 0 aliphatic carbocycles. The van der Waals surface area contributed by atoms with E-state index in [1.807, 2.05) is 0 Å². The van der Waals surface area contributed by atoms with Crippen LogP contribution in [-0.2, 0) is 11.8 Å². The molecule has 112 valence electrons. The summed E-state index contributed by atoms with van der Waals surface area (Å²) in [5.41, 5.74) is 6.92. The smallest absolute Gasteiger partial charge is 0.0500 e. The Morgan fingerprint density at radius 2 is 1.57 bits per heavy atom. The maximum Gasteiger partial charge on any atom is 0.0500 e. The largest absolute Gasteiger partial charge is 0.271 e. The zero-order valence-corrected chi connectivity index (χ0v) is 14.4. The minimum Gasteiger partial charge on any atom is -0.271 e. The zero-order valence-electron chi connectivity index (χ0n) is 12.9. The first-order valence-electron chi connectivity index (χ1n) is 7.21. The molecular weight excluding hydrogens is 324 g/mol. The number of nitrogens with one attached hydrogen (secondary N) is 1. The minimum atomic E-state index is 0.125. The van der Waals surface area contributed by atoms with Crippen LogP contribution in [0.15, 0.2) is 53.0 Å². The van der Waals surface area contributed by atoms with Gasteiger partial charge in [0.15, 0.2) is 0 Å². The van der Waals surface area contributed by atoms with E-state index in [4.69, 9.17) is 5.84 Å². The van der Waals surface area contributed by atoms with Gasteiger partial charge in [-0.2, -0.15) is 0 Å². The summed E-state index contributed by atoms with van der Waals surface area (Å²) in [5.74, 6) is 5.75. The first-order chi connectivity index (χ1) is 9.90. The van der Waals surface area contributed by atoms with Crippen molar-refractivity contribution in [3.05, 3.63) is 69.7 Å². The Morgan fingerprint density at radius 3 is 2.05 bits per heavy atom. The van der Waals surface area contributed by atoms with Crippen molar-refractivity contribution in [1.29, 1.82) is 0 Å². The zero-order chi connectivity index (χ0) is 15.5. The first kappa shape index (κ1) is 16.2. The minimum absolute atomic E-state index is 0.125. The van der Waals surface area contributed by atoms with Crippen LogP contribution < -0.4 is 11.3 Å². The second-order valence-electron chi connectivity index (χ2n) is 6.42. The third kappa shape index (κ3) is 4.40. The number of benzene rings is 2. The molecule has 0 amide bonds. The Kier molecular flexibility index (Phi) is 5.20. The Morgan fingerprint density at radius 1 is 1.00 bits per heavy atom. The van der Waals surface area contributed by atoms with Gasteiger partial charge in [0.2, 0.25) is 0 Å². The fourth-order valence-electron chi connectivity index (χ4n) is 2.34. The summed E-state index contributed by atoms with van der Waals surface area (Å²) in [5, 5.41) is 0. The lowest BCUT2D eigenvalue weighted by Crippen LogP contribution is -2.29. The van der Waals surface area contributed by atoms with E-state index >= 15 is 0 Å². The number of hydrazine groups is 1. The number of hydrogen-bond donors (Lipinski definition) is 2. The van der Waals surface area contributed by atoms with Crippen LogP contribution in [0.5, 0.6) is 0 Å². The Labute approximate surface area is 135 Å². The molecule has 2 aromatic rings. The van der Waals surface area contributed by atoms with Crippen molar-refractivity contribution < 1.29 is 0 Å². The van der Waals surface area contributed by atoms with Crippen molar-refractivity contribution in [2.45, 2.75) is 38.6 Å². The molecule has 0 aliphatic rings. The van der Waals surface area contributed by atoms with E-state index in [1.165, 1.54) is 16.7 Å². The number of hydrogen-bond acceptors (Lipinski definition) is 2. The van der Waals surface area contributed by atoms with E-state index in [2.05, 4.69) is 90.7 Å². The summed E-state index contributed by atoms with van der Waals surface area (Å²) < 4.78 is 1.10. The first-order valence-corrected chi connectivity index (χ1v) is 8.00. The van der Waals surface area contributed by atoms with Crippen molar-refractivity contribution in [2.75, 3.05) is 0 Å². The predicted octanol–water partition coefficient (Wildman–Crippen LogP) is 4.49. The van der Waals surface area contributed by atoms with Gasteiger partial charge in [0.05, 0.1) is 0 Å². The van der Waals surface area contributed by atoms with Crippen LogP contribution in [0.1, 0.15) is 43.5 Å². The molecule has 2 rings (SSSR count). The average Bonchev–Trinajstić information content (AvgIpc) is 2.46. The van der Waals surface area contributed by atoms with Crippen LogP contribution in [-0.4, -0.2) is 0 Å². The molecule has 1 atom stereocenters. The average molecular weight is 347 g/mol. The van der Waals surface area contributed by atoms with Crippen LogP contribution >= 0.6 is 15.9 Å². The van der Waals surface area contributed by atoms with E-state index in [0.29, 0.717) is 0 Å². The monoisotopic (exact) mass is 346 g/mol. The number of rotatable bonds is 4. The molecule has 0 aliphatic heterocycles. The van der Waals surface area contributed by atoms with Crippen molar-refractivity contribution >= 4 is 15.9 Å². The molecule has 1 unspecified atom stereocenters. The van der Waals surface area contributed by atoms with Crippen LogP contribution in [0.25, 0.3) is 0 Å². The summed E-state index contributed by atoms with van der Waals surface area (Å²) in [6.45, 7) is 6.67. The van der Waals surface area contributed by atoms with Crippen LogP contribution in [0.2, 0.25) is 0 Å². The topological polar surface area (TPSA) is 38.0 Å². The molecule has 0 heterocycles. The number of halogens is 1. The maximum atomic E-state index is 5.75. The third-order valence-electron chi connectivity index (χ3n) is 3.73. The molecule has 3 heteroatoms. The van der Waals surface area contributed by atoms with Gasteiger partial charge in [-0.25, -0.2) is 0 Å². The summed E-state index contributed by atoms with van der Waals surface area (Å²) in [7, 11) is 0. The van der Waals surface area contributed by atoms with Gasteiger partial charge in [-0.15, -0.1) is 0 Å². The second kappa shape index (κ2) is 6.73. The van der Waals surface area contributed by atoms with E-state index < -0.39 is 0 Å². The lowest BCUT2D eigenvalue weighted by atomic mass is 9.86. The van der Waals surface area contributed by atoms with Crippen molar-refractivity contribution in [1.82, 2.24) is 5.43 Å². The summed E-state index contributed by atoms with van der Waals surface area (Å²) >= 11 is 3.46. The predicted molar refractivity (Wildman–Crippen MR) is 93.1 cm³/mol. The van der Waals surface area contributed by atoms with Crippen LogP contribution in [0.4, 0.5) is 0 Å². The van der Waals surface area contributed by atoms with Gasteiger partial charge in [-0.05, 0) is 40.7 Å². The fourth-order valence-corrected chi connectivity index (χ4v) is 2.61. The molecule has 0 aromatic heterocycles. The Balaban J connectivity index is 2.15. The van der Waals surface area contributed by atoms with Crippen molar-refractivity contribution in [3.8, 4) is 0 Å². The maximum absolute atomic E-state index is 5.75.